The number of nitrogens with zero attached hydrogens (tertiary/aromatic N) is 2. The smallest absolute Gasteiger partial charge is 0.267 e. The third-order valence-electron chi connectivity index (χ3n) is 2.61. The van der Waals surface area contributed by atoms with Gasteiger partial charge in [0, 0.05) is 16.5 Å². The molecule has 0 aliphatic carbocycles. The first-order chi connectivity index (χ1) is 9.99. The van der Waals surface area contributed by atoms with Crippen molar-refractivity contribution in [1.82, 2.24) is 5.43 Å². The van der Waals surface area contributed by atoms with Crippen molar-refractivity contribution in [3.8, 4) is 0 Å². The van der Waals surface area contributed by atoms with Crippen LogP contribution in [0.3, 0.4) is 0 Å². The SMILES string of the molecule is CC(=NNC(=O)c1ccc(Cl)c([N+](=O)[O-])c1)c1cccs1. The van der Waals surface area contributed by atoms with Gasteiger partial charge in [-0.2, -0.15) is 5.10 Å². The number of benzene rings is 1. The number of nitro benzene ring substituents is 1. The van der Waals surface area contributed by atoms with Crippen molar-refractivity contribution in [2.45, 2.75) is 6.92 Å². The molecule has 0 atom stereocenters. The van der Waals surface area contributed by atoms with Crippen LogP contribution in [0.1, 0.15) is 22.2 Å². The molecule has 6 nitrogen and oxygen atoms in total. The Morgan fingerprint density at radius 3 is 2.81 bits per heavy atom. The van der Waals surface area contributed by atoms with E-state index >= 15 is 0 Å². The Morgan fingerprint density at radius 2 is 2.19 bits per heavy atom. The van der Waals surface area contributed by atoms with Crippen LogP contribution >= 0.6 is 22.9 Å². The Labute approximate surface area is 129 Å². The molecule has 0 bridgehead atoms. The van der Waals surface area contributed by atoms with Crippen molar-refractivity contribution in [1.29, 1.82) is 0 Å². The molecule has 1 N–H and O–H groups in total. The van der Waals surface area contributed by atoms with Gasteiger partial charge in [0.15, 0.2) is 0 Å². The molecule has 1 heterocycles. The average Bonchev–Trinajstić information content (AvgIpc) is 2.98. The molecule has 0 aliphatic heterocycles. The third kappa shape index (κ3) is 3.65. The van der Waals surface area contributed by atoms with Gasteiger partial charge < -0.3 is 0 Å². The van der Waals surface area contributed by atoms with Crippen LogP contribution in [0.5, 0.6) is 0 Å². The number of nitrogens with one attached hydrogen (secondary N) is 1. The van der Waals surface area contributed by atoms with E-state index in [1.54, 1.807) is 6.92 Å². The van der Waals surface area contributed by atoms with Crippen LogP contribution in [-0.4, -0.2) is 16.5 Å². The lowest BCUT2D eigenvalue weighted by Crippen LogP contribution is -2.19. The number of carbonyl (C=O) groups is 1. The second-order valence-electron chi connectivity index (χ2n) is 4.04. The molecule has 108 valence electrons. The monoisotopic (exact) mass is 323 g/mol. The van der Waals surface area contributed by atoms with Crippen molar-refractivity contribution < 1.29 is 9.72 Å². The molecule has 0 radical (unpaired) electrons. The van der Waals surface area contributed by atoms with Gasteiger partial charge in [0.05, 0.1) is 10.6 Å². The van der Waals surface area contributed by atoms with Gasteiger partial charge >= 0.3 is 0 Å². The van der Waals surface area contributed by atoms with Crippen molar-refractivity contribution in [2.24, 2.45) is 5.10 Å². The van der Waals surface area contributed by atoms with Gasteiger partial charge in [-0.3, -0.25) is 14.9 Å². The number of hydrogen-bond acceptors (Lipinski definition) is 5. The van der Waals surface area contributed by atoms with E-state index in [-0.39, 0.29) is 16.3 Å². The average molecular weight is 324 g/mol. The molecular formula is C13H10ClN3O3S. The van der Waals surface area contributed by atoms with E-state index in [4.69, 9.17) is 11.6 Å². The molecule has 2 rings (SSSR count). The fraction of sp³-hybridized carbons (Fsp3) is 0.0769. The summed E-state index contributed by atoms with van der Waals surface area (Å²) in [6, 6.07) is 7.59. The lowest BCUT2D eigenvalue weighted by atomic mass is 10.2. The lowest BCUT2D eigenvalue weighted by molar-refractivity contribution is -0.384. The number of nitro groups is 1. The molecule has 0 spiro atoms. The fourth-order valence-electron chi connectivity index (χ4n) is 1.53. The van der Waals surface area contributed by atoms with Crippen LogP contribution in [0, 0.1) is 10.1 Å². The van der Waals surface area contributed by atoms with Gasteiger partial charge in [-0.15, -0.1) is 11.3 Å². The summed E-state index contributed by atoms with van der Waals surface area (Å²) in [5.74, 6) is -0.536. The Balaban J connectivity index is 2.16. The number of halogens is 1. The Bertz CT molecular complexity index is 713. The number of amides is 1. The minimum atomic E-state index is -0.640. The zero-order chi connectivity index (χ0) is 15.4. The van der Waals surface area contributed by atoms with Crippen molar-refractivity contribution >= 4 is 40.2 Å². The Hall–Kier alpha value is -2.25. The predicted octanol–water partition coefficient (Wildman–Crippen LogP) is 3.46. The highest BCUT2D eigenvalue weighted by molar-refractivity contribution is 7.12. The summed E-state index contributed by atoms with van der Waals surface area (Å²) >= 11 is 7.19. The van der Waals surface area contributed by atoms with Gasteiger partial charge in [-0.1, -0.05) is 17.7 Å². The maximum Gasteiger partial charge on any atom is 0.288 e. The van der Waals surface area contributed by atoms with Crippen molar-refractivity contribution in [2.75, 3.05) is 0 Å². The highest BCUT2D eigenvalue weighted by Crippen LogP contribution is 2.25. The van der Waals surface area contributed by atoms with Crippen LogP contribution < -0.4 is 5.43 Å². The fourth-order valence-corrected chi connectivity index (χ4v) is 2.40. The van der Waals surface area contributed by atoms with Gasteiger partial charge in [0.25, 0.3) is 11.6 Å². The number of carbonyl (C=O) groups excluding carboxylic acids is 1. The molecule has 0 unspecified atom stereocenters. The summed E-state index contributed by atoms with van der Waals surface area (Å²) in [6.07, 6.45) is 0. The topological polar surface area (TPSA) is 84.6 Å². The van der Waals surface area contributed by atoms with E-state index in [1.807, 2.05) is 17.5 Å². The molecule has 0 saturated carbocycles. The normalized spacial score (nSPS) is 11.2. The van der Waals surface area contributed by atoms with Gasteiger partial charge in [-0.05, 0) is 30.5 Å². The molecular weight excluding hydrogens is 314 g/mol. The van der Waals surface area contributed by atoms with Crippen LogP contribution in [0.15, 0.2) is 40.8 Å². The minimum absolute atomic E-state index is 0.0187. The Morgan fingerprint density at radius 1 is 1.43 bits per heavy atom. The van der Waals surface area contributed by atoms with E-state index in [1.165, 1.54) is 23.5 Å². The first-order valence-electron chi connectivity index (χ1n) is 5.81. The molecule has 8 heteroatoms. The zero-order valence-electron chi connectivity index (χ0n) is 10.9. The maximum absolute atomic E-state index is 11.9. The number of hydrazone groups is 1. The molecule has 1 aromatic heterocycles. The number of rotatable bonds is 4. The number of thiophene rings is 1. The summed E-state index contributed by atoms with van der Waals surface area (Å²) in [5.41, 5.74) is 2.82. The van der Waals surface area contributed by atoms with Gasteiger partial charge in [0.2, 0.25) is 0 Å². The van der Waals surface area contributed by atoms with E-state index in [2.05, 4.69) is 10.5 Å². The van der Waals surface area contributed by atoms with Gasteiger partial charge in [-0.25, -0.2) is 5.43 Å². The standard InChI is InChI=1S/C13H10ClN3O3S/c1-8(12-3-2-6-21-12)15-16-13(18)9-4-5-10(14)11(7-9)17(19)20/h2-7H,1H3,(H,16,18). The van der Waals surface area contributed by atoms with Crippen LogP contribution in [0.2, 0.25) is 5.02 Å². The summed E-state index contributed by atoms with van der Waals surface area (Å²) in [7, 11) is 0. The van der Waals surface area contributed by atoms with Gasteiger partial charge in [0.1, 0.15) is 5.02 Å². The minimum Gasteiger partial charge on any atom is -0.267 e. The quantitative estimate of drug-likeness (QED) is 0.531. The summed E-state index contributed by atoms with van der Waals surface area (Å²) in [6.45, 7) is 1.76. The van der Waals surface area contributed by atoms with Crippen molar-refractivity contribution in [3.05, 3.63) is 61.3 Å². The van der Waals surface area contributed by atoms with E-state index in [0.717, 1.165) is 10.9 Å². The summed E-state index contributed by atoms with van der Waals surface area (Å²) < 4.78 is 0. The molecule has 0 aliphatic rings. The zero-order valence-corrected chi connectivity index (χ0v) is 12.4. The van der Waals surface area contributed by atoms with E-state index in [9.17, 15) is 14.9 Å². The Kier molecular flexibility index (Phi) is 4.66. The molecule has 1 aromatic carbocycles. The largest absolute Gasteiger partial charge is 0.288 e. The maximum atomic E-state index is 11.9. The lowest BCUT2D eigenvalue weighted by Gasteiger charge is -2.02. The predicted molar refractivity (Wildman–Crippen MR) is 82.1 cm³/mol. The second kappa shape index (κ2) is 6.47. The third-order valence-corrected chi connectivity index (χ3v) is 3.91. The van der Waals surface area contributed by atoms with Crippen LogP contribution in [0.25, 0.3) is 0 Å². The summed E-state index contributed by atoms with van der Waals surface area (Å²) in [4.78, 5) is 23.0. The van der Waals surface area contributed by atoms with Crippen molar-refractivity contribution in [3.63, 3.8) is 0 Å². The van der Waals surface area contributed by atoms with E-state index < -0.39 is 10.8 Å². The second-order valence-corrected chi connectivity index (χ2v) is 5.39. The molecule has 21 heavy (non-hydrogen) atoms. The summed E-state index contributed by atoms with van der Waals surface area (Å²) in [5, 5.41) is 16.6. The molecule has 2 aromatic rings. The first kappa shape index (κ1) is 15.1. The molecule has 0 fully saturated rings. The highest BCUT2D eigenvalue weighted by Gasteiger charge is 2.16. The number of hydrogen-bond donors (Lipinski definition) is 1. The first-order valence-corrected chi connectivity index (χ1v) is 7.07. The highest BCUT2D eigenvalue weighted by atomic mass is 35.5. The molecule has 0 saturated heterocycles. The van der Waals surface area contributed by atoms with Crippen LogP contribution in [-0.2, 0) is 0 Å². The molecule has 1 amide bonds. The van der Waals surface area contributed by atoms with E-state index in [0.29, 0.717) is 5.71 Å². The van der Waals surface area contributed by atoms with Crippen LogP contribution in [0.4, 0.5) is 5.69 Å².